The number of nitrogens with one attached hydrogen (secondary N) is 1. The van der Waals surface area contributed by atoms with Crippen molar-refractivity contribution in [2.24, 2.45) is 0 Å². The number of nitriles is 1. The summed E-state index contributed by atoms with van der Waals surface area (Å²) in [5, 5.41) is 8.50. The molecule has 1 atom stereocenters. The molecule has 1 unspecified atom stereocenters. The molecule has 1 aliphatic heterocycles. The van der Waals surface area contributed by atoms with Crippen molar-refractivity contribution in [3.8, 4) is 6.07 Å². The molecule has 1 rings (SSSR count). The summed E-state index contributed by atoms with van der Waals surface area (Å²) in [6.45, 7) is 0.512. The largest absolute Gasteiger partial charge is 0.328 e. The number of hydrogen-bond acceptors (Lipinski definition) is 4. The standard InChI is InChI=1S/C5H7N3O2S2/c1-12(9,10)7-5(11)8-3-4(8)2-6/h4H,3H2,1H3,(H,7,11). The number of hydrogen-bond donors (Lipinski definition) is 1. The van der Waals surface area contributed by atoms with Crippen LogP contribution in [-0.2, 0) is 10.0 Å². The molecule has 0 aromatic rings. The summed E-state index contributed by atoms with van der Waals surface area (Å²) in [5.74, 6) is 0. The average Bonchev–Trinajstić information content (AvgIpc) is 2.60. The molecule has 1 N–H and O–H groups in total. The third-order valence-electron chi connectivity index (χ3n) is 1.29. The minimum Gasteiger partial charge on any atom is -0.328 e. The maximum absolute atomic E-state index is 10.7. The van der Waals surface area contributed by atoms with E-state index in [2.05, 4.69) is 4.72 Å². The molecule has 1 fully saturated rings. The lowest BCUT2D eigenvalue weighted by Crippen LogP contribution is -2.33. The van der Waals surface area contributed by atoms with E-state index in [1.807, 2.05) is 6.07 Å². The van der Waals surface area contributed by atoms with E-state index in [1.54, 1.807) is 0 Å². The molecule has 5 nitrogen and oxygen atoms in total. The van der Waals surface area contributed by atoms with Gasteiger partial charge in [-0.15, -0.1) is 0 Å². The van der Waals surface area contributed by atoms with Crippen molar-refractivity contribution in [3.63, 3.8) is 0 Å². The van der Waals surface area contributed by atoms with Crippen molar-refractivity contribution in [2.45, 2.75) is 6.04 Å². The quantitative estimate of drug-likeness (QED) is 0.440. The Labute approximate surface area is 76.0 Å². The molecule has 0 spiro atoms. The Morgan fingerprint density at radius 3 is 2.75 bits per heavy atom. The molecule has 0 saturated carbocycles. The highest BCUT2D eigenvalue weighted by Gasteiger charge is 2.36. The minimum absolute atomic E-state index is 0.101. The molecule has 12 heavy (non-hydrogen) atoms. The van der Waals surface area contributed by atoms with Crippen LogP contribution in [0.15, 0.2) is 0 Å². The van der Waals surface area contributed by atoms with E-state index in [4.69, 9.17) is 17.5 Å². The van der Waals surface area contributed by atoms with Crippen molar-refractivity contribution < 1.29 is 8.42 Å². The lowest BCUT2D eigenvalue weighted by molar-refractivity contribution is 0.596. The Morgan fingerprint density at radius 2 is 2.42 bits per heavy atom. The zero-order valence-corrected chi connectivity index (χ0v) is 7.94. The highest BCUT2D eigenvalue weighted by molar-refractivity contribution is 7.91. The highest BCUT2D eigenvalue weighted by Crippen LogP contribution is 2.15. The highest BCUT2D eigenvalue weighted by atomic mass is 32.2. The van der Waals surface area contributed by atoms with Gasteiger partial charge in [0, 0.05) is 0 Å². The minimum atomic E-state index is -3.30. The molecule has 1 saturated heterocycles. The second-order valence-corrected chi connectivity index (χ2v) is 4.61. The molecule has 0 aliphatic carbocycles. The molecule has 0 aromatic heterocycles. The van der Waals surface area contributed by atoms with Gasteiger partial charge in [0.25, 0.3) is 0 Å². The fourth-order valence-electron chi connectivity index (χ4n) is 0.691. The van der Waals surface area contributed by atoms with Crippen molar-refractivity contribution in [1.82, 2.24) is 9.62 Å². The van der Waals surface area contributed by atoms with Crippen LogP contribution in [0.25, 0.3) is 0 Å². The van der Waals surface area contributed by atoms with E-state index >= 15 is 0 Å². The normalized spacial score (nSPS) is 21.3. The van der Waals surface area contributed by atoms with Crippen LogP contribution in [0.3, 0.4) is 0 Å². The molecule has 0 amide bonds. The summed E-state index contributed by atoms with van der Waals surface area (Å²) in [7, 11) is -3.30. The van der Waals surface area contributed by atoms with Crippen LogP contribution in [0.1, 0.15) is 0 Å². The number of nitrogens with zero attached hydrogens (tertiary/aromatic N) is 2. The monoisotopic (exact) mass is 205 g/mol. The molecule has 0 radical (unpaired) electrons. The lowest BCUT2D eigenvalue weighted by Gasteiger charge is -2.05. The molecule has 66 valence electrons. The maximum atomic E-state index is 10.7. The van der Waals surface area contributed by atoms with Gasteiger partial charge in [-0.2, -0.15) is 5.26 Å². The van der Waals surface area contributed by atoms with Crippen LogP contribution in [0, 0.1) is 11.3 Å². The molecule has 1 aliphatic rings. The van der Waals surface area contributed by atoms with Gasteiger partial charge in [-0.3, -0.25) is 4.72 Å². The lowest BCUT2D eigenvalue weighted by atomic mass is 10.5. The van der Waals surface area contributed by atoms with Crippen molar-refractivity contribution >= 4 is 27.4 Å². The van der Waals surface area contributed by atoms with Crippen LogP contribution < -0.4 is 4.72 Å². The summed E-state index contributed by atoms with van der Waals surface area (Å²) in [4.78, 5) is 1.50. The van der Waals surface area contributed by atoms with Gasteiger partial charge in [0.1, 0.15) is 6.04 Å². The number of rotatable bonds is 1. The zero-order chi connectivity index (χ0) is 9.35. The first-order chi connectivity index (χ1) is 5.44. The van der Waals surface area contributed by atoms with Crippen molar-refractivity contribution in [3.05, 3.63) is 0 Å². The molecule has 7 heteroatoms. The molecular formula is C5H7N3O2S2. The first kappa shape index (κ1) is 9.22. The molecular weight excluding hydrogens is 198 g/mol. The zero-order valence-electron chi connectivity index (χ0n) is 6.31. The second-order valence-electron chi connectivity index (χ2n) is 2.48. The molecule has 1 heterocycles. The summed E-state index contributed by atoms with van der Waals surface area (Å²) < 4.78 is 23.4. The Kier molecular flexibility index (Phi) is 2.21. The smallest absolute Gasteiger partial charge is 0.231 e. The maximum Gasteiger partial charge on any atom is 0.231 e. The summed E-state index contributed by atoms with van der Waals surface area (Å²) in [5.41, 5.74) is 0. The van der Waals surface area contributed by atoms with E-state index in [1.165, 1.54) is 4.90 Å². The van der Waals surface area contributed by atoms with Crippen LogP contribution in [0.4, 0.5) is 0 Å². The SMILES string of the molecule is CS(=O)(=O)NC(=S)N1CC1C#N. The number of sulfonamides is 1. The molecule has 0 bridgehead atoms. The van der Waals surface area contributed by atoms with Gasteiger partial charge in [-0.05, 0) is 12.2 Å². The van der Waals surface area contributed by atoms with Gasteiger partial charge in [0.05, 0.1) is 18.9 Å². The summed E-state index contributed by atoms with van der Waals surface area (Å²) in [6.07, 6.45) is 1.02. The van der Waals surface area contributed by atoms with Gasteiger partial charge in [-0.25, -0.2) is 8.42 Å². The summed E-state index contributed by atoms with van der Waals surface area (Å²) >= 11 is 4.72. The third-order valence-corrected chi connectivity index (χ3v) is 2.32. The first-order valence-corrected chi connectivity index (χ1v) is 5.42. The van der Waals surface area contributed by atoms with E-state index in [9.17, 15) is 8.42 Å². The summed E-state index contributed by atoms with van der Waals surface area (Å²) in [6, 6.07) is 1.70. The van der Waals surface area contributed by atoms with E-state index < -0.39 is 10.0 Å². The fraction of sp³-hybridized carbons (Fsp3) is 0.600. The Bertz CT molecular complexity index is 342. The van der Waals surface area contributed by atoms with Crippen LogP contribution in [0.5, 0.6) is 0 Å². The van der Waals surface area contributed by atoms with Crippen LogP contribution in [0.2, 0.25) is 0 Å². The first-order valence-electron chi connectivity index (χ1n) is 3.12. The van der Waals surface area contributed by atoms with E-state index in [0.717, 1.165) is 6.26 Å². The van der Waals surface area contributed by atoms with Crippen molar-refractivity contribution in [2.75, 3.05) is 12.8 Å². The topological polar surface area (TPSA) is 73.0 Å². The Balaban J connectivity index is 2.49. The average molecular weight is 205 g/mol. The predicted molar refractivity (Wildman–Crippen MR) is 46.7 cm³/mol. The van der Waals surface area contributed by atoms with E-state index in [-0.39, 0.29) is 11.2 Å². The van der Waals surface area contributed by atoms with Gasteiger partial charge < -0.3 is 4.90 Å². The third kappa shape index (κ3) is 2.32. The Morgan fingerprint density at radius 1 is 1.83 bits per heavy atom. The second kappa shape index (κ2) is 2.88. The van der Waals surface area contributed by atoms with Gasteiger partial charge >= 0.3 is 0 Å². The molecule has 0 aromatic carbocycles. The fourth-order valence-corrected chi connectivity index (χ4v) is 1.78. The van der Waals surface area contributed by atoms with Gasteiger partial charge in [0.15, 0.2) is 5.11 Å². The van der Waals surface area contributed by atoms with Crippen molar-refractivity contribution in [1.29, 1.82) is 5.26 Å². The van der Waals surface area contributed by atoms with E-state index in [0.29, 0.717) is 6.54 Å². The van der Waals surface area contributed by atoms with Crippen LogP contribution >= 0.6 is 12.2 Å². The van der Waals surface area contributed by atoms with Gasteiger partial charge in [0.2, 0.25) is 10.0 Å². The predicted octanol–water partition coefficient (Wildman–Crippen LogP) is -0.972. The van der Waals surface area contributed by atoms with Crippen LogP contribution in [-0.4, -0.2) is 37.3 Å². The Hall–Kier alpha value is -0.870. The van der Waals surface area contributed by atoms with Gasteiger partial charge in [-0.1, -0.05) is 0 Å². The number of thiocarbonyl (C=S) groups is 1.